The highest BCUT2D eigenvalue weighted by Crippen LogP contribution is 2.19. The molecule has 0 aliphatic heterocycles. The van der Waals surface area contributed by atoms with Gasteiger partial charge < -0.3 is 14.2 Å². The van der Waals surface area contributed by atoms with Gasteiger partial charge in [0, 0.05) is 0 Å². The monoisotopic (exact) mass is 494 g/mol. The Balaban J connectivity index is 1.18. The van der Waals surface area contributed by atoms with Gasteiger partial charge in [-0.25, -0.2) is 10.2 Å². The lowest BCUT2D eigenvalue weighted by atomic mass is 10.1. The maximum Gasteiger partial charge on any atom is 0.343 e. The van der Waals surface area contributed by atoms with Crippen molar-refractivity contribution in [2.45, 2.75) is 13.5 Å². The summed E-state index contributed by atoms with van der Waals surface area (Å²) in [7, 11) is 0. The normalized spacial score (nSPS) is 10.6. The molecule has 0 bridgehead atoms. The van der Waals surface area contributed by atoms with E-state index in [1.165, 1.54) is 6.21 Å². The zero-order valence-corrected chi connectivity index (χ0v) is 20.3. The summed E-state index contributed by atoms with van der Waals surface area (Å²) in [5.74, 6) is 0.855. The summed E-state index contributed by atoms with van der Waals surface area (Å²) in [5.41, 5.74) is 5.59. The molecule has 0 fully saturated rings. The van der Waals surface area contributed by atoms with Gasteiger partial charge in [0.05, 0.1) is 11.8 Å². The van der Waals surface area contributed by atoms with Crippen molar-refractivity contribution in [3.8, 4) is 17.2 Å². The Morgan fingerprint density at radius 3 is 2.08 bits per heavy atom. The minimum Gasteiger partial charge on any atom is -0.489 e. The second-order valence-electron chi connectivity index (χ2n) is 8.10. The number of ether oxygens (including phenoxy) is 3. The topological polar surface area (TPSA) is 86.2 Å². The highest BCUT2D eigenvalue weighted by Gasteiger charge is 2.10. The molecule has 4 aromatic rings. The Morgan fingerprint density at radius 1 is 0.757 bits per heavy atom. The molecular formula is C30H26N2O5. The third kappa shape index (κ3) is 7.80. The maximum atomic E-state index is 12.3. The van der Waals surface area contributed by atoms with Gasteiger partial charge in [-0.15, -0.1) is 0 Å². The van der Waals surface area contributed by atoms with E-state index in [0.717, 1.165) is 16.7 Å². The van der Waals surface area contributed by atoms with Crippen LogP contribution < -0.4 is 19.6 Å². The van der Waals surface area contributed by atoms with Gasteiger partial charge in [0.1, 0.15) is 23.9 Å². The molecule has 1 N–H and O–H groups in total. The molecule has 7 heteroatoms. The number of aryl methyl sites for hydroxylation is 1. The Kier molecular flexibility index (Phi) is 8.64. The fraction of sp³-hybridized carbons (Fsp3) is 0.100. The van der Waals surface area contributed by atoms with Crippen molar-refractivity contribution in [3.05, 3.63) is 125 Å². The Bertz CT molecular complexity index is 1350. The van der Waals surface area contributed by atoms with E-state index in [1.807, 2.05) is 49.4 Å². The number of nitrogens with zero attached hydrogens (tertiary/aromatic N) is 1. The van der Waals surface area contributed by atoms with Gasteiger partial charge in [-0.1, -0.05) is 48.5 Å². The number of hydrogen-bond acceptors (Lipinski definition) is 6. The molecule has 0 unspecified atom stereocenters. The average Bonchev–Trinajstić information content (AvgIpc) is 2.93. The average molecular weight is 495 g/mol. The van der Waals surface area contributed by atoms with E-state index in [1.54, 1.807) is 60.7 Å². The smallest absolute Gasteiger partial charge is 0.343 e. The molecule has 0 radical (unpaired) electrons. The zero-order valence-electron chi connectivity index (χ0n) is 20.3. The molecule has 0 atom stereocenters. The molecule has 0 saturated carbocycles. The lowest BCUT2D eigenvalue weighted by molar-refractivity contribution is -0.123. The zero-order chi connectivity index (χ0) is 25.9. The number of amides is 1. The van der Waals surface area contributed by atoms with Crippen LogP contribution in [0.4, 0.5) is 0 Å². The largest absolute Gasteiger partial charge is 0.489 e. The van der Waals surface area contributed by atoms with Crippen molar-refractivity contribution in [1.29, 1.82) is 0 Å². The van der Waals surface area contributed by atoms with E-state index < -0.39 is 11.9 Å². The molecule has 0 aromatic heterocycles. The van der Waals surface area contributed by atoms with Crippen LogP contribution in [-0.4, -0.2) is 24.7 Å². The number of esters is 1. The van der Waals surface area contributed by atoms with Crippen molar-refractivity contribution in [1.82, 2.24) is 5.43 Å². The SMILES string of the molecule is Cc1ccccc1C(=O)Oc1ccc(/C=N/NC(=O)COc2ccc(OCc3ccccc3)cc2)cc1. The van der Waals surface area contributed by atoms with Crippen LogP contribution in [0.1, 0.15) is 27.0 Å². The predicted molar refractivity (Wildman–Crippen MR) is 141 cm³/mol. The van der Waals surface area contributed by atoms with Crippen LogP contribution in [-0.2, 0) is 11.4 Å². The van der Waals surface area contributed by atoms with Crippen molar-refractivity contribution in [2.75, 3.05) is 6.61 Å². The second kappa shape index (κ2) is 12.7. The first-order valence-electron chi connectivity index (χ1n) is 11.7. The summed E-state index contributed by atoms with van der Waals surface area (Å²) in [6.45, 7) is 2.15. The van der Waals surface area contributed by atoms with E-state index in [4.69, 9.17) is 14.2 Å². The van der Waals surface area contributed by atoms with Crippen LogP contribution in [0.5, 0.6) is 17.2 Å². The standard InChI is InChI=1S/C30H26N2O5/c1-22-7-5-6-10-28(22)30(34)37-27-13-11-23(12-14-27)19-31-32-29(33)21-36-26-17-15-25(16-18-26)35-20-24-8-3-2-4-9-24/h2-19H,20-21H2,1H3,(H,32,33)/b31-19+. The number of hydrazone groups is 1. The van der Waals surface area contributed by atoms with E-state index >= 15 is 0 Å². The quantitative estimate of drug-likeness (QED) is 0.140. The highest BCUT2D eigenvalue weighted by molar-refractivity contribution is 5.92. The number of benzene rings is 4. The minimum atomic E-state index is -0.416. The fourth-order valence-electron chi connectivity index (χ4n) is 3.32. The first kappa shape index (κ1) is 25.2. The Morgan fingerprint density at radius 2 is 1.38 bits per heavy atom. The van der Waals surface area contributed by atoms with Crippen LogP contribution in [0.15, 0.2) is 108 Å². The molecule has 186 valence electrons. The van der Waals surface area contributed by atoms with Crippen LogP contribution in [0, 0.1) is 6.92 Å². The van der Waals surface area contributed by atoms with Gasteiger partial charge in [0.25, 0.3) is 5.91 Å². The Labute approximate surface area is 215 Å². The molecular weight excluding hydrogens is 468 g/mol. The van der Waals surface area contributed by atoms with Gasteiger partial charge in [0.2, 0.25) is 0 Å². The van der Waals surface area contributed by atoms with E-state index in [0.29, 0.717) is 29.4 Å². The van der Waals surface area contributed by atoms with E-state index in [-0.39, 0.29) is 6.61 Å². The van der Waals surface area contributed by atoms with E-state index in [9.17, 15) is 9.59 Å². The molecule has 0 aliphatic rings. The van der Waals surface area contributed by atoms with Crippen molar-refractivity contribution in [2.24, 2.45) is 5.10 Å². The molecule has 1 amide bonds. The first-order valence-corrected chi connectivity index (χ1v) is 11.7. The van der Waals surface area contributed by atoms with Gasteiger partial charge in [-0.05, 0) is 78.2 Å². The highest BCUT2D eigenvalue weighted by atomic mass is 16.5. The summed E-state index contributed by atoms with van der Waals surface area (Å²) >= 11 is 0. The van der Waals surface area contributed by atoms with Crippen LogP contribution >= 0.6 is 0 Å². The number of carbonyl (C=O) groups is 2. The van der Waals surface area contributed by atoms with Crippen molar-refractivity contribution >= 4 is 18.1 Å². The third-order valence-electron chi connectivity index (χ3n) is 5.30. The summed E-state index contributed by atoms with van der Waals surface area (Å²) in [6.07, 6.45) is 1.49. The molecule has 37 heavy (non-hydrogen) atoms. The van der Waals surface area contributed by atoms with Crippen molar-refractivity contribution in [3.63, 3.8) is 0 Å². The van der Waals surface area contributed by atoms with Crippen LogP contribution in [0.25, 0.3) is 0 Å². The number of rotatable bonds is 10. The molecule has 0 spiro atoms. The third-order valence-corrected chi connectivity index (χ3v) is 5.30. The Hall–Kier alpha value is -4.91. The molecule has 0 saturated heterocycles. The molecule has 7 nitrogen and oxygen atoms in total. The maximum absolute atomic E-state index is 12.3. The summed E-state index contributed by atoms with van der Waals surface area (Å²) in [5, 5.41) is 3.94. The van der Waals surface area contributed by atoms with Gasteiger partial charge in [-0.3, -0.25) is 4.79 Å². The number of carbonyl (C=O) groups excluding carboxylic acids is 2. The second-order valence-corrected chi connectivity index (χ2v) is 8.10. The first-order chi connectivity index (χ1) is 18.1. The van der Waals surface area contributed by atoms with Gasteiger partial charge in [-0.2, -0.15) is 5.10 Å². The van der Waals surface area contributed by atoms with Gasteiger partial charge in [0.15, 0.2) is 6.61 Å². The predicted octanol–water partition coefficient (Wildman–Crippen LogP) is 5.32. The van der Waals surface area contributed by atoms with Crippen LogP contribution in [0.2, 0.25) is 0 Å². The summed E-state index contributed by atoms with van der Waals surface area (Å²) < 4.78 is 16.7. The number of hydrogen-bond donors (Lipinski definition) is 1. The summed E-state index contributed by atoms with van der Waals surface area (Å²) in [4.78, 5) is 24.4. The lowest BCUT2D eigenvalue weighted by Gasteiger charge is -2.08. The molecule has 4 aromatic carbocycles. The fourth-order valence-corrected chi connectivity index (χ4v) is 3.32. The van der Waals surface area contributed by atoms with Crippen molar-refractivity contribution < 1.29 is 23.8 Å². The summed E-state index contributed by atoms with van der Waals surface area (Å²) in [6, 6.07) is 31.0. The minimum absolute atomic E-state index is 0.185. The molecule has 4 rings (SSSR count). The lowest BCUT2D eigenvalue weighted by Crippen LogP contribution is -2.24. The van der Waals surface area contributed by atoms with Crippen LogP contribution in [0.3, 0.4) is 0 Å². The number of nitrogens with one attached hydrogen (secondary N) is 1. The molecule has 0 aliphatic carbocycles. The van der Waals surface area contributed by atoms with Gasteiger partial charge >= 0.3 is 5.97 Å². The molecule has 0 heterocycles. The van der Waals surface area contributed by atoms with E-state index in [2.05, 4.69) is 10.5 Å².